The van der Waals surface area contributed by atoms with Crippen molar-refractivity contribution in [3.05, 3.63) is 12.2 Å². The van der Waals surface area contributed by atoms with Gasteiger partial charge in [-0.15, -0.1) is 24.0 Å². The molecule has 25 heavy (non-hydrogen) atoms. The van der Waals surface area contributed by atoms with Gasteiger partial charge in [-0.3, -0.25) is 4.79 Å². The summed E-state index contributed by atoms with van der Waals surface area (Å²) in [6.45, 7) is 9.58. The fraction of sp³-hybridized carbons (Fsp3) is 0.765. The van der Waals surface area contributed by atoms with Gasteiger partial charge in [0.15, 0.2) is 5.96 Å². The van der Waals surface area contributed by atoms with Gasteiger partial charge in [0.2, 0.25) is 5.91 Å². The van der Waals surface area contributed by atoms with E-state index in [0.29, 0.717) is 13.2 Å². The number of aliphatic imine (C=N–C) groups is 1. The first-order valence-electron chi connectivity index (χ1n) is 8.58. The van der Waals surface area contributed by atoms with Crippen molar-refractivity contribution in [2.45, 2.75) is 32.0 Å². The molecule has 0 bridgehead atoms. The Morgan fingerprint density at radius 3 is 2.64 bits per heavy atom. The van der Waals surface area contributed by atoms with Crippen LogP contribution in [-0.4, -0.2) is 87.4 Å². The first-order valence-corrected chi connectivity index (χ1v) is 8.58. The quantitative estimate of drug-likeness (QED) is 0.285. The van der Waals surface area contributed by atoms with Crippen molar-refractivity contribution in [1.82, 2.24) is 15.1 Å². The third-order valence-corrected chi connectivity index (χ3v) is 4.18. The van der Waals surface area contributed by atoms with Crippen LogP contribution in [0.25, 0.3) is 0 Å². The van der Waals surface area contributed by atoms with E-state index in [1.54, 1.807) is 19.0 Å². The highest BCUT2D eigenvalue weighted by atomic mass is 127. The standard InChI is InChI=1S/C17H30N4O3.HI/c1-13(2)10-18-17(19-11-16(22)20(3)4)21-7-9-24-15(12-21)14-6-5-8-23-14;/h14-15H,1,5-12H2,2-4H3,(H,18,19);1H. The topological polar surface area (TPSA) is 66.4 Å². The lowest BCUT2D eigenvalue weighted by Crippen LogP contribution is -2.53. The Labute approximate surface area is 167 Å². The predicted octanol–water partition coefficient (Wildman–Crippen LogP) is 1.09. The summed E-state index contributed by atoms with van der Waals surface area (Å²) in [4.78, 5) is 20.1. The molecule has 2 unspecified atom stereocenters. The number of ether oxygens (including phenoxy) is 2. The van der Waals surface area contributed by atoms with E-state index in [1.807, 2.05) is 6.92 Å². The average Bonchev–Trinajstić information content (AvgIpc) is 3.09. The van der Waals surface area contributed by atoms with E-state index < -0.39 is 0 Å². The van der Waals surface area contributed by atoms with Crippen LogP contribution in [0.1, 0.15) is 19.8 Å². The summed E-state index contributed by atoms with van der Waals surface area (Å²) in [6, 6.07) is 0. The van der Waals surface area contributed by atoms with Crippen molar-refractivity contribution in [3.63, 3.8) is 0 Å². The van der Waals surface area contributed by atoms with Crippen LogP contribution in [0.2, 0.25) is 0 Å². The first kappa shape index (κ1) is 22.2. The van der Waals surface area contributed by atoms with Gasteiger partial charge in [-0.2, -0.15) is 0 Å². The maximum atomic E-state index is 11.9. The third kappa shape index (κ3) is 7.10. The second kappa shape index (κ2) is 11.0. The molecular weight excluding hydrogens is 435 g/mol. The molecule has 2 aliphatic rings. The van der Waals surface area contributed by atoms with E-state index in [0.717, 1.165) is 44.1 Å². The minimum Gasteiger partial charge on any atom is -0.375 e. The van der Waals surface area contributed by atoms with Crippen molar-refractivity contribution in [1.29, 1.82) is 0 Å². The summed E-state index contributed by atoms with van der Waals surface area (Å²) in [6.07, 6.45) is 2.36. The van der Waals surface area contributed by atoms with Crippen molar-refractivity contribution >= 4 is 35.8 Å². The van der Waals surface area contributed by atoms with E-state index in [4.69, 9.17) is 9.47 Å². The zero-order valence-electron chi connectivity index (χ0n) is 15.5. The van der Waals surface area contributed by atoms with E-state index in [2.05, 4.69) is 21.8 Å². The number of guanidine groups is 1. The monoisotopic (exact) mass is 466 g/mol. The van der Waals surface area contributed by atoms with Crippen LogP contribution in [0, 0.1) is 0 Å². The number of morpholine rings is 1. The summed E-state index contributed by atoms with van der Waals surface area (Å²) in [5.41, 5.74) is 1.02. The number of carbonyl (C=O) groups is 1. The molecule has 2 saturated heterocycles. The van der Waals surface area contributed by atoms with Crippen LogP contribution in [0.4, 0.5) is 0 Å². The molecule has 0 aromatic rings. The fourth-order valence-corrected chi connectivity index (χ4v) is 2.77. The fourth-order valence-electron chi connectivity index (χ4n) is 2.77. The Morgan fingerprint density at radius 1 is 1.32 bits per heavy atom. The molecule has 0 radical (unpaired) electrons. The van der Waals surface area contributed by atoms with Crippen LogP contribution in [0.3, 0.4) is 0 Å². The van der Waals surface area contributed by atoms with Crippen LogP contribution in [-0.2, 0) is 14.3 Å². The Morgan fingerprint density at radius 2 is 2.04 bits per heavy atom. The lowest BCUT2D eigenvalue weighted by atomic mass is 10.1. The van der Waals surface area contributed by atoms with Gasteiger partial charge in [0, 0.05) is 40.3 Å². The Balaban J connectivity index is 0.00000312. The number of likely N-dealkylation sites (N-methyl/N-ethyl adjacent to an activating group) is 1. The third-order valence-electron chi connectivity index (χ3n) is 4.18. The van der Waals surface area contributed by atoms with Crippen molar-refractivity contribution in [2.24, 2.45) is 4.99 Å². The summed E-state index contributed by atoms with van der Waals surface area (Å²) >= 11 is 0. The lowest BCUT2D eigenvalue weighted by Gasteiger charge is -2.37. The smallest absolute Gasteiger partial charge is 0.243 e. The zero-order chi connectivity index (χ0) is 17.5. The van der Waals surface area contributed by atoms with E-state index in [9.17, 15) is 4.79 Å². The Bertz CT molecular complexity index is 479. The molecule has 1 N–H and O–H groups in total. The normalized spacial score (nSPS) is 23.8. The molecule has 144 valence electrons. The van der Waals surface area contributed by atoms with Gasteiger partial charge in [0.25, 0.3) is 0 Å². The number of rotatable bonds is 5. The van der Waals surface area contributed by atoms with Gasteiger partial charge in [-0.25, -0.2) is 4.99 Å². The maximum absolute atomic E-state index is 11.9. The number of hydrogen-bond acceptors (Lipinski definition) is 4. The average molecular weight is 466 g/mol. The second-order valence-electron chi connectivity index (χ2n) is 6.65. The summed E-state index contributed by atoms with van der Waals surface area (Å²) < 4.78 is 11.7. The molecule has 1 amide bonds. The van der Waals surface area contributed by atoms with Crippen molar-refractivity contribution in [3.8, 4) is 0 Å². The van der Waals surface area contributed by atoms with Crippen LogP contribution >= 0.6 is 24.0 Å². The molecule has 0 aromatic heterocycles. The second-order valence-corrected chi connectivity index (χ2v) is 6.65. The molecule has 0 saturated carbocycles. The van der Waals surface area contributed by atoms with Gasteiger partial charge >= 0.3 is 0 Å². The number of halogens is 1. The highest BCUT2D eigenvalue weighted by Gasteiger charge is 2.32. The minimum atomic E-state index is -0.0199. The first-order chi connectivity index (χ1) is 11.5. The van der Waals surface area contributed by atoms with Crippen LogP contribution in [0.5, 0.6) is 0 Å². The van der Waals surface area contributed by atoms with Gasteiger partial charge in [-0.05, 0) is 19.8 Å². The molecule has 7 nitrogen and oxygen atoms in total. The van der Waals surface area contributed by atoms with Gasteiger partial charge < -0.3 is 24.6 Å². The predicted molar refractivity (Wildman–Crippen MR) is 110 cm³/mol. The van der Waals surface area contributed by atoms with Gasteiger partial charge in [0.1, 0.15) is 12.6 Å². The molecule has 0 aromatic carbocycles. The number of hydrogen-bond donors (Lipinski definition) is 1. The molecule has 2 rings (SSSR count). The molecule has 2 atom stereocenters. The Kier molecular flexibility index (Phi) is 9.73. The molecule has 2 fully saturated rings. The minimum absolute atomic E-state index is 0. The van der Waals surface area contributed by atoms with E-state index >= 15 is 0 Å². The summed E-state index contributed by atoms with van der Waals surface area (Å²) in [5.74, 6) is 0.716. The van der Waals surface area contributed by atoms with Gasteiger partial charge in [0.05, 0.1) is 12.7 Å². The van der Waals surface area contributed by atoms with E-state index in [-0.39, 0.29) is 48.6 Å². The number of carbonyl (C=O) groups excluding carboxylic acids is 1. The SMILES string of the molecule is C=C(C)CNC(=NCC(=O)N(C)C)N1CCOC(C2CCCO2)C1.I. The molecule has 8 heteroatoms. The van der Waals surface area contributed by atoms with Crippen LogP contribution < -0.4 is 5.32 Å². The molecule has 2 heterocycles. The highest BCUT2D eigenvalue weighted by molar-refractivity contribution is 14.0. The largest absolute Gasteiger partial charge is 0.375 e. The van der Waals surface area contributed by atoms with Crippen molar-refractivity contribution < 1.29 is 14.3 Å². The van der Waals surface area contributed by atoms with E-state index in [1.165, 1.54) is 0 Å². The lowest BCUT2D eigenvalue weighted by molar-refractivity contribution is -0.127. The number of nitrogens with zero attached hydrogens (tertiary/aromatic N) is 3. The van der Waals surface area contributed by atoms with Crippen LogP contribution in [0.15, 0.2) is 17.1 Å². The molecule has 0 aliphatic carbocycles. The molecular formula is C17H31IN4O3. The summed E-state index contributed by atoms with van der Waals surface area (Å²) in [7, 11) is 3.47. The number of nitrogens with one attached hydrogen (secondary N) is 1. The van der Waals surface area contributed by atoms with Crippen molar-refractivity contribution in [2.75, 3.05) is 53.5 Å². The Hall–Kier alpha value is -0.870. The zero-order valence-corrected chi connectivity index (χ0v) is 17.8. The highest BCUT2D eigenvalue weighted by Crippen LogP contribution is 2.21. The summed E-state index contributed by atoms with van der Waals surface area (Å²) in [5, 5.41) is 3.30. The van der Waals surface area contributed by atoms with Gasteiger partial charge in [-0.1, -0.05) is 12.2 Å². The number of amides is 1. The molecule has 2 aliphatic heterocycles. The maximum Gasteiger partial charge on any atom is 0.243 e. The molecule has 0 spiro atoms.